The van der Waals surface area contributed by atoms with E-state index in [1.54, 1.807) is 55.9 Å². The molecule has 2 N–H and O–H groups in total. The van der Waals surface area contributed by atoms with Crippen LogP contribution in [0, 0.1) is 5.92 Å². The van der Waals surface area contributed by atoms with Crippen molar-refractivity contribution in [3.63, 3.8) is 0 Å². The Bertz CT molecular complexity index is 944. The molecule has 29 heavy (non-hydrogen) atoms. The van der Waals surface area contributed by atoms with Crippen LogP contribution in [0.1, 0.15) is 19.8 Å². The highest BCUT2D eigenvalue weighted by Gasteiger charge is 2.41. The summed E-state index contributed by atoms with van der Waals surface area (Å²) in [7, 11) is -2.33. The third-order valence-electron chi connectivity index (χ3n) is 4.99. The number of piperidine rings is 1. The van der Waals surface area contributed by atoms with Gasteiger partial charge in [-0.25, -0.2) is 13.9 Å². The minimum atomic E-state index is -3.91. The number of carbonyl (C=O) groups excluding carboxylic acids is 1. The Morgan fingerprint density at radius 1 is 1.07 bits per heavy atom. The van der Waals surface area contributed by atoms with E-state index in [1.807, 2.05) is 0 Å². The molecule has 2 unspecified atom stereocenters. The van der Waals surface area contributed by atoms with Crippen LogP contribution < -0.4 is 15.0 Å². The maximum Gasteiger partial charge on any atom is 0.262 e. The smallest absolute Gasteiger partial charge is 0.262 e. The zero-order chi connectivity index (χ0) is 21.0. The zero-order valence-electron chi connectivity index (χ0n) is 16.2. The summed E-state index contributed by atoms with van der Waals surface area (Å²) < 4.78 is 38.2. The molecule has 1 fully saturated rings. The summed E-state index contributed by atoms with van der Waals surface area (Å²) in [5.41, 5.74) is 1.59. The highest BCUT2D eigenvalue weighted by molar-refractivity contribution is 7.89. The summed E-state index contributed by atoms with van der Waals surface area (Å²) in [4.78, 5) is 12.1. The van der Waals surface area contributed by atoms with E-state index in [0.717, 1.165) is 4.31 Å². The van der Waals surface area contributed by atoms with Crippen LogP contribution in [0.2, 0.25) is 0 Å². The summed E-state index contributed by atoms with van der Waals surface area (Å²) in [5, 5.41) is 9.02. The molecule has 0 spiro atoms. The maximum absolute atomic E-state index is 13.1. The van der Waals surface area contributed by atoms with Crippen molar-refractivity contribution in [2.24, 2.45) is 5.92 Å². The lowest BCUT2D eigenvalue weighted by molar-refractivity contribution is -0.135. The number of benzene rings is 2. The third kappa shape index (κ3) is 4.52. The lowest BCUT2D eigenvalue weighted by Gasteiger charge is -2.37. The Hall–Kier alpha value is -2.62. The normalized spacial score (nSPS) is 20.1. The molecule has 9 heteroatoms. The van der Waals surface area contributed by atoms with Crippen LogP contribution in [0.5, 0.6) is 17.2 Å². The van der Waals surface area contributed by atoms with Crippen molar-refractivity contribution in [3.8, 4) is 17.2 Å². The molecule has 1 aliphatic rings. The first-order valence-electron chi connectivity index (χ1n) is 9.24. The van der Waals surface area contributed by atoms with E-state index in [0.29, 0.717) is 30.1 Å². The monoisotopic (exact) mass is 420 g/mol. The van der Waals surface area contributed by atoms with E-state index in [2.05, 4.69) is 0 Å². The average molecular weight is 420 g/mol. The molecule has 0 saturated carbocycles. The third-order valence-corrected chi connectivity index (χ3v) is 6.89. The minimum Gasteiger partial charge on any atom is -0.497 e. The molecule has 0 aliphatic carbocycles. The van der Waals surface area contributed by atoms with Crippen LogP contribution in [0.15, 0.2) is 53.4 Å². The van der Waals surface area contributed by atoms with Crippen LogP contribution in [0.25, 0.3) is 0 Å². The molecule has 1 heterocycles. The van der Waals surface area contributed by atoms with Crippen molar-refractivity contribution in [2.45, 2.75) is 30.7 Å². The van der Waals surface area contributed by atoms with Crippen molar-refractivity contribution >= 4 is 15.9 Å². The second kappa shape index (κ2) is 8.81. The molecule has 3 rings (SSSR count). The molecular weight excluding hydrogens is 396 g/mol. The lowest BCUT2D eigenvalue weighted by Crippen LogP contribution is -2.54. The van der Waals surface area contributed by atoms with Gasteiger partial charge < -0.3 is 9.47 Å². The van der Waals surface area contributed by atoms with Crippen molar-refractivity contribution in [1.29, 1.82) is 0 Å². The predicted molar refractivity (Wildman–Crippen MR) is 106 cm³/mol. The number of amides is 1. The SMILES string of the molecule is COc1ccc(Oc2ccc(S(=O)(=O)N3CCCC(C)C3C(=O)NO)cc2)cc1. The number of nitrogens with zero attached hydrogens (tertiary/aromatic N) is 1. The van der Waals surface area contributed by atoms with E-state index in [9.17, 15) is 13.2 Å². The molecule has 1 amide bonds. The van der Waals surface area contributed by atoms with Crippen LogP contribution in [-0.2, 0) is 14.8 Å². The topological polar surface area (TPSA) is 105 Å². The van der Waals surface area contributed by atoms with Gasteiger partial charge in [-0.2, -0.15) is 4.31 Å². The standard InChI is InChI=1S/C20H24N2O6S/c1-14-4-3-13-22(19(14)20(23)21-24)29(25,26)18-11-9-17(10-12-18)28-16-7-5-15(27-2)6-8-16/h5-12,14,19,24H,3-4,13H2,1-2H3,(H,21,23). The Morgan fingerprint density at radius 2 is 1.62 bits per heavy atom. The molecule has 2 aromatic rings. The molecule has 1 aliphatic heterocycles. The molecule has 8 nitrogen and oxygen atoms in total. The van der Waals surface area contributed by atoms with Gasteiger partial charge in [-0.1, -0.05) is 6.92 Å². The van der Waals surface area contributed by atoms with Crippen LogP contribution in [-0.4, -0.2) is 43.5 Å². The number of hydroxylamine groups is 1. The fourth-order valence-electron chi connectivity index (χ4n) is 3.47. The first kappa shape index (κ1) is 21.1. The van der Waals surface area contributed by atoms with Gasteiger partial charge in [0.05, 0.1) is 12.0 Å². The van der Waals surface area contributed by atoms with Gasteiger partial charge in [0.25, 0.3) is 5.91 Å². The number of ether oxygens (including phenoxy) is 2. The number of rotatable bonds is 6. The fraction of sp³-hybridized carbons (Fsp3) is 0.350. The summed E-state index contributed by atoms with van der Waals surface area (Å²) in [6.07, 6.45) is 1.35. The summed E-state index contributed by atoms with van der Waals surface area (Å²) in [6.45, 7) is 2.02. The molecule has 156 valence electrons. The Kier molecular flexibility index (Phi) is 6.41. The number of hydrogen-bond acceptors (Lipinski definition) is 6. The molecule has 0 bridgehead atoms. The largest absolute Gasteiger partial charge is 0.497 e. The lowest BCUT2D eigenvalue weighted by atomic mass is 9.92. The molecule has 1 saturated heterocycles. The first-order valence-corrected chi connectivity index (χ1v) is 10.7. The van der Waals surface area contributed by atoms with Crippen molar-refractivity contribution in [3.05, 3.63) is 48.5 Å². The van der Waals surface area contributed by atoms with E-state index in [-0.39, 0.29) is 17.4 Å². The van der Waals surface area contributed by atoms with Gasteiger partial charge in [-0.05, 0) is 67.3 Å². The number of sulfonamides is 1. The van der Waals surface area contributed by atoms with Crippen LogP contribution >= 0.6 is 0 Å². The Labute approximate surface area is 170 Å². The first-order chi connectivity index (χ1) is 13.9. The van der Waals surface area contributed by atoms with Gasteiger partial charge in [-0.15, -0.1) is 0 Å². The number of carbonyl (C=O) groups is 1. The molecule has 0 radical (unpaired) electrons. The van der Waals surface area contributed by atoms with E-state index < -0.39 is 22.0 Å². The highest BCUT2D eigenvalue weighted by Crippen LogP contribution is 2.31. The van der Waals surface area contributed by atoms with E-state index in [4.69, 9.17) is 14.7 Å². The van der Waals surface area contributed by atoms with Crippen LogP contribution in [0.4, 0.5) is 0 Å². The number of nitrogens with one attached hydrogen (secondary N) is 1. The maximum atomic E-state index is 13.1. The zero-order valence-corrected chi connectivity index (χ0v) is 17.1. The van der Waals surface area contributed by atoms with Gasteiger partial charge >= 0.3 is 0 Å². The predicted octanol–water partition coefficient (Wildman–Crippen LogP) is 2.78. The van der Waals surface area contributed by atoms with Crippen molar-refractivity contribution in [2.75, 3.05) is 13.7 Å². The molecular formula is C20H24N2O6S. The summed E-state index contributed by atoms with van der Waals surface area (Å²) >= 11 is 0. The summed E-state index contributed by atoms with van der Waals surface area (Å²) in [5.74, 6) is 0.844. The molecule has 0 aromatic heterocycles. The average Bonchev–Trinajstić information content (AvgIpc) is 2.74. The molecule has 2 atom stereocenters. The number of hydrogen-bond donors (Lipinski definition) is 2. The summed E-state index contributed by atoms with van der Waals surface area (Å²) in [6, 6.07) is 12.1. The second-order valence-corrected chi connectivity index (χ2v) is 8.80. The Morgan fingerprint density at radius 3 is 2.17 bits per heavy atom. The van der Waals surface area contributed by atoms with Gasteiger partial charge in [0.2, 0.25) is 10.0 Å². The highest BCUT2D eigenvalue weighted by atomic mass is 32.2. The second-order valence-electron chi connectivity index (χ2n) is 6.91. The minimum absolute atomic E-state index is 0.0596. The van der Waals surface area contributed by atoms with Gasteiger partial charge in [-0.3, -0.25) is 10.0 Å². The van der Waals surface area contributed by atoms with Gasteiger partial charge in [0, 0.05) is 6.54 Å². The van der Waals surface area contributed by atoms with E-state index in [1.165, 1.54) is 12.1 Å². The van der Waals surface area contributed by atoms with Crippen molar-refractivity contribution < 1.29 is 27.9 Å². The molecule has 2 aromatic carbocycles. The number of methoxy groups -OCH3 is 1. The quantitative estimate of drug-likeness (QED) is 0.550. The fourth-order valence-corrected chi connectivity index (χ4v) is 5.19. The van der Waals surface area contributed by atoms with Gasteiger partial charge in [0.1, 0.15) is 23.3 Å². The Balaban J connectivity index is 1.80. The van der Waals surface area contributed by atoms with E-state index >= 15 is 0 Å². The van der Waals surface area contributed by atoms with Crippen LogP contribution in [0.3, 0.4) is 0 Å². The van der Waals surface area contributed by atoms with Gasteiger partial charge in [0.15, 0.2) is 0 Å². The van der Waals surface area contributed by atoms with Crippen molar-refractivity contribution in [1.82, 2.24) is 9.79 Å².